The average Bonchev–Trinajstić information content (AvgIpc) is 4.18. The summed E-state index contributed by atoms with van der Waals surface area (Å²) in [5, 5.41) is 5.47. The molecule has 5 heterocycles. The van der Waals surface area contributed by atoms with E-state index >= 15 is 0 Å². The summed E-state index contributed by atoms with van der Waals surface area (Å²) in [6.45, 7) is 9.73. The van der Waals surface area contributed by atoms with E-state index in [1.165, 1.54) is 14.2 Å². The molecule has 352 valence electrons. The molecule has 2 aromatic heterocycles. The first kappa shape index (κ1) is 46.2. The van der Waals surface area contributed by atoms with E-state index in [1.54, 1.807) is 7.11 Å². The van der Waals surface area contributed by atoms with Crippen LogP contribution in [0.25, 0.3) is 22.1 Å². The topological polar surface area (TPSA) is 196 Å². The van der Waals surface area contributed by atoms with Crippen molar-refractivity contribution >= 4 is 51.8 Å². The second kappa shape index (κ2) is 20.0. The molecule has 6 atom stereocenters. The molecule has 66 heavy (non-hydrogen) atoms. The Labute approximate surface area is 385 Å². The van der Waals surface area contributed by atoms with Gasteiger partial charge in [-0.2, -0.15) is 0 Å². The molecule has 8 rings (SSSR count). The zero-order valence-electron chi connectivity index (χ0n) is 39.0. The molecule has 5 aromatic rings. The number of imidazole rings is 2. The van der Waals surface area contributed by atoms with Crippen LogP contribution in [0.3, 0.4) is 0 Å². The zero-order chi connectivity index (χ0) is 46.6. The number of carbonyl (C=O) groups excluding carboxylic acids is 4. The van der Waals surface area contributed by atoms with Gasteiger partial charge in [-0.25, -0.2) is 19.6 Å². The van der Waals surface area contributed by atoms with Crippen LogP contribution >= 0.6 is 0 Å². The molecule has 3 aromatic carbocycles. The Balaban J connectivity index is 1.08. The number of carbonyl (C=O) groups is 4. The number of aromatic nitrogens is 4. The SMILES string of the molecule is COCCOc1ccc(N2[C@@H](c3ccc4[nH]c([C@@H]5CCCN5C(=O)[C@@H](NC(=O)OC)C(C)C)nc4c3)CC[C@@H]2c2ccc3[nH]c([C@@H]4CCCN4C(=O)[C@@H](NC(=O)OC)C(C)C)nc3c2)cc1. The number of ether oxygens (including phenoxy) is 4. The molecular formula is C49H63N9O8. The minimum absolute atomic E-state index is 0.0107. The first-order valence-corrected chi connectivity index (χ1v) is 23.2. The molecule has 3 fully saturated rings. The molecule has 3 aliphatic heterocycles. The van der Waals surface area contributed by atoms with Gasteiger partial charge in [0.15, 0.2) is 0 Å². The highest BCUT2D eigenvalue weighted by molar-refractivity contribution is 5.87. The van der Waals surface area contributed by atoms with Crippen molar-refractivity contribution in [1.29, 1.82) is 0 Å². The fourth-order valence-corrected chi connectivity index (χ4v) is 9.98. The number of methoxy groups -OCH3 is 3. The van der Waals surface area contributed by atoms with Gasteiger partial charge in [0, 0.05) is 25.9 Å². The largest absolute Gasteiger partial charge is 0.491 e. The number of benzene rings is 3. The molecule has 4 N–H and O–H groups in total. The lowest BCUT2D eigenvalue weighted by atomic mass is 10.0. The number of alkyl carbamates (subject to hydrolysis) is 2. The van der Waals surface area contributed by atoms with Gasteiger partial charge >= 0.3 is 12.2 Å². The van der Waals surface area contributed by atoms with Crippen LogP contribution in [0.4, 0.5) is 15.3 Å². The Bertz CT molecular complexity index is 2380. The van der Waals surface area contributed by atoms with Gasteiger partial charge in [0.1, 0.15) is 36.1 Å². The van der Waals surface area contributed by atoms with E-state index in [1.807, 2.05) is 49.6 Å². The first-order chi connectivity index (χ1) is 31.9. The molecule has 4 amide bonds. The molecule has 0 radical (unpaired) electrons. The number of hydrogen-bond donors (Lipinski definition) is 4. The maximum atomic E-state index is 13.9. The number of fused-ring (bicyclic) bond motifs is 2. The third-order valence-corrected chi connectivity index (χ3v) is 13.4. The third kappa shape index (κ3) is 9.48. The van der Waals surface area contributed by atoms with Gasteiger partial charge < -0.3 is 54.2 Å². The normalized spacial score (nSPS) is 20.7. The number of nitrogens with zero attached hydrogens (tertiary/aromatic N) is 5. The number of likely N-dealkylation sites (tertiary alicyclic amines) is 2. The molecule has 3 saturated heterocycles. The van der Waals surface area contributed by atoms with Crippen molar-refractivity contribution in [2.75, 3.05) is 52.5 Å². The molecule has 0 spiro atoms. The van der Waals surface area contributed by atoms with E-state index in [2.05, 4.69) is 74.0 Å². The minimum atomic E-state index is -0.716. The standard InChI is InChI=1S/C49H63N9O8/c1-28(2)42(54-48(61)64-6)46(59)56-22-8-10-40(56)44-50-34-18-12-30(26-36(34)52-44)38-20-21-39(58(38)32-14-16-33(17-15-32)66-25-24-63-5)31-13-19-35-37(27-31)53-45(51-35)41-11-9-23-57(41)47(60)43(29(3)4)55-49(62)65-7/h12-19,26-29,38-43H,8-11,20-25H2,1-7H3,(H,50,52)(H,51,53)(H,54,61)(H,55,62)/t38-,39-,40+,41+,42+,43+/m1/s1. The van der Waals surface area contributed by atoms with E-state index < -0.39 is 24.3 Å². The van der Waals surface area contributed by atoms with Gasteiger partial charge in [-0.3, -0.25) is 9.59 Å². The van der Waals surface area contributed by atoms with Crippen LogP contribution < -0.4 is 20.3 Å². The van der Waals surface area contributed by atoms with E-state index in [9.17, 15) is 19.2 Å². The number of hydrogen-bond acceptors (Lipinski definition) is 11. The van der Waals surface area contributed by atoms with Gasteiger partial charge in [-0.05, 0) is 110 Å². The van der Waals surface area contributed by atoms with E-state index in [-0.39, 0.29) is 47.8 Å². The predicted octanol–water partition coefficient (Wildman–Crippen LogP) is 7.64. The van der Waals surface area contributed by atoms with Crippen molar-refractivity contribution < 1.29 is 38.1 Å². The zero-order valence-corrected chi connectivity index (χ0v) is 39.0. The summed E-state index contributed by atoms with van der Waals surface area (Å²) in [5.74, 6) is 1.67. The summed E-state index contributed by atoms with van der Waals surface area (Å²) in [4.78, 5) is 75.5. The molecule has 3 aliphatic rings. The molecule has 0 aliphatic carbocycles. The quantitative estimate of drug-likeness (QED) is 0.0754. The average molecular weight is 906 g/mol. The maximum absolute atomic E-state index is 13.9. The lowest BCUT2D eigenvalue weighted by Crippen LogP contribution is -2.51. The summed E-state index contributed by atoms with van der Waals surface area (Å²) in [6.07, 6.45) is 3.68. The van der Waals surface area contributed by atoms with Gasteiger partial charge in [0.05, 0.1) is 67.1 Å². The van der Waals surface area contributed by atoms with Crippen LogP contribution in [-0.4, -0.2) is 113 Å². The summed E-state index contributed by atoms with van der Waals surface area (Å²) in [5.41, 5.74) is 6.73. The monoisotopic (exact) mass is 905 g/mol. The van der Waals surface area contributed by atoms with Crippen LogP contribution in [-0.2, 0) is 23.8 Å². The van der Waals surface area contributed by atoms with Gasteiger partial charge in [0.2, 0.25) is 11.8 Å². The molecule has 0 bridgehead atoms. The van der Waals surface area contributed by atoms with Crippen LogP contribution in [0.5, 0.6) is 5.75 Å². The molecular weight excluding hydrogens is 843 g/mol. The number of H-pyrrole nitrogens is 2. The van der Waals surface area contributed by atoms with Crippen molar-refractivity contribution in [3.05, 3.63) is 83.4 Å². The lowest BCUT2D eigenvalue weighted by molar-refractivity contribution is -0.136. The van der Waals surface area contributed by atoms with Gasteiger partial charge in [-0.15, -0.1) is 0 Å². The van der Waals surface area contributed by atoms with Crippen molar-refractivity contribution in [2.45, 2.75) is 102 Å². The second-order valence-corrected chi connectivity index (χ2v) is 18.2. The van der Waals surface area contributed by atoms with Crippen molar-refractivity contribution in [1.82, 2.24) is 40.4 Å². The van der Waals surface area contributed by atoms with Gasteiger partial charge in [-0.1, -0.05) is 39.8 Å². The lowest BCUT2D eigenvalue weighted by Gasteiger charge is -2.33. The molecule has 0 saturated carbocycles. The third-order valence-electron chi connectivity index (χ3n) is 13.4. The fraction of sp³-hybridized carbons (Fsp3) is 0.510. The fourth-order valence-electron chi connectivity index (χ4n) is 9.98. The number of amides is 4. The minimum Gasteiger partial charge on any atom is -0.491 e. The highest BCUT2D eigenvalue weighted by atomic mass is 16.5. The Morgan fingerprint density at radius 2 is 1.11 bits per heavy atom. The number of anilines is 1. The number of nitrogens with one attached hydrogen (secondary N) is 4. The predicted molar refractivity (Wildman–Crippen MR) is 249 cm³/mol. The Morgan fingerprint density at radius 3 is 1.53 bits per heavy atom. The summed E-state index contributed by atoms with van der Waals surface area (Å²) < 4.78 is 20.8. The van der Waals surface area contributed by atoms with Crippen LogP contribution in [0.2, 0.25) is 0 Å². The van der Waals surface area contributed by atoms with E-state index in [4.69, 9.17) is 28.9 Å². The van der Waals surface area contributed by atoms with Crippen molar-refractivity contribution in [3.63, 3.8) is 0 Å². The number of rotatable bonds is 15. The Morgan fingerprint density at radius 1 is 0.636 bits per heavy atom. The number of aromatic amines is 2. The first-order valence-electron chi connectivity index (χ1n) is 23.2. The Hall–Kier alpha value is -6.36. The summed E-state index contributed by atoms with van der Waals surface area (Å²) in [6, 6.07) is 19.1. The van der Waals surface area contributed by atoms with Gasteiger partial charge in [0.25, 0.3) is 0 Å². The van der Waals surface area contributed by atoms with E-state index in [0.29, 0.717) is 26.3 Å². The summed E-state index contributed by atoms with van der Waals surface area (Å²) >= 11 is 0. The molecule has 17 heteroatoms. The highest BCUT2D eigenvalue weighted by Gasteiger charge is 2.40. The summed E-state index contributed by atoms with van der Waals surface area (Å²) in [7, 11) is 4.25. The molecule has 0 unspecified atom stereocenters. The van der Waals surface area contributed by atoms with Crippen molar-refractivity contribution in [3.8, 4) is 5.75 Å². The highest BCUT2D eigenvalue weighted by Crippen LogP contribution is 2.48. The van der Waals surface area contributed by atoms with Crippen molar-refractivity contribution in [2.24, 2.45) is 11.8 Å². The second-order valence-electron chi connectivity index (χ2n) is 18.2. The smallest absolute Gasteiger partial charge is 0.407 e. The van der Waals surface area contributed by atoms with Crippen LogP contribution in [0, 0.1) is 11.8 Å². The van der Waals surface area contributed by atoms with E-state index in [0.717, 1.165) is 94.8 Å². The molecule has 17 nitrogen and oxygen atoms in total. The van der Waals surface area contributed by atoms with Crippen LogP contribution in [0.1, 0.15) is 113 Å². The Kier molecular flexibility index (Phi) is 14.0. The maximum Gasteiger partial charge on any atom is 0.407 e. The van der Waals surface area contributed by atoms with Crippen LogP contribution in [0.15, 0.2) is 60.7 Å².